The lowest BCUT2D eigenvalue weighted by Gasteiger charge is -2.10. The predicted molar refractivity (Wildman–Crippen MR) is 95.3 cm³/mol. The number of ether oxygens (including phenoxy) is 1. The number of thiophene rings is 1. The Morgan fingerprint density at radius 1 is 1.36 bits per heavy atom. The molecule has 2 aromatic rings. The number of thiazole rings is 1. The zero-order valence-corrected chi connectivity index (χ0v) is 15.6. The van der Waals surface area contributed by atoms with Crippen molar-refractivity contribution in [1.29, 1.82) is 0 Å². The van der Waals surface area contributed by atoms with Crippen LogP contribution in [0.4, 0.5) is 0 Å². The highest BCUT2D eigenvalue weighted by molar-refractivity contribution is 7.91. The van der Waals surface area contributed by atoms with Crippen LogP contribution in [0.1, 0.15) is 12.1 Å². The van der Waals surface area contributed by atoms with Crippen LogP contribution in [0.5, 0.6) is 0 Å². The molecular formula is C15H16N2O5S3. The maximum atomic E-state index is 11.8. The van der Waals surface area contributed by atoms with Gasteiger partial charge in [0.2, 0.25) is 0 Å². The van der Waals surface area contributed by atoms with Gasteiger partial charge in [0.15, 0.2) is 16.4 Å². The van der Waals surface area contributed by atoms with Crippen molar-refractivity contribution in [3.63, 3.8) is 0 Å². The highest BCUT2D eigenvalue weighted by Gasteiger charge is 2.29. The molecule has 0 radical (unpaired) electrons. The van der Waals surface area contributed by atoms with E-state index in [1.807, 2.05) is 17.5 Å². The Bertz CT molecular complexity index is 858. The third kappa shape index (κ3) is 5.10. The monoisotopic (exact) mass is 400 g/mol. The zero-order chi connectivity index (χ0) is 17.9. The Morgan fingerprint density at radius 3 is 2.88 bits per heavy atom. The SMILES string of the molecule is O=C(COC(=O)Cc1csc(-c2cccs2)n1)N[C@@H]1CCS(=O)(=O)C1. The van der Waals surface area contributed by atoms with E-state index in [0.29, 0.717) is 12.1 Å². The Balaban J connectivity index is 1.43. The molecule has 0 unspecified atom stereocenters. The second-order valence-corrected chi connectivity index (χ2v) is 9.66. The van der Waals surface area contributed by atoms with Gasteiger partial charge in [-0.05, 0) is 17.9 Å². The van der Waals surface area contributed by atoms with Gasteiger partial charge in [-0.1, -0.05) is 6.07 Å². The molecule has 1 amide bonds. The fraction of sp³-hybridized carbons (Fsp3) is 0.400. The molecule has 3 heterocycles. The maximum Gasteiger partial charge on any atom is 0.312 e. The summed E-state index contributed by atoms with van der Waals surface area (Å²) < 4.78 is 27.6. The molecule has 1 N–H and O–H groups in total. The number of amides is 1. The number of hydrogen-bond donors (Lipinski definition) is 1. The molecule has 0 aliphatic carbocycles. The topological polar surface area (TPSA) is 102 Å². The number of esters is 1. The lowest BCUT2D eigenvalue weighted by Crippen LogP contribution is -2.38. The number of nitrogens with one attached hydrogen (secondary N) is 1. The summed E-state index contributed by atoms with van der Waals surface area (Å²) in [5.74, 6) is -1.02. The van der Waals surface area contributed by atoms with Gasteiger partial charge in [0.1, 0.15) is 5.01 Å². The van der Waals surface area contributed by atoms with Crippen molar-refractivity contribution < 1.29 is 22.7 Å². The van der Waals surface area contributed by atoms with Gasteiger partial charge in [0.25, 0.3) is 5.91 Å². The van der Waals surface area contributed by atoms with Gasteiger partial charge >= 0.3 is 5.97 Å². The molecule has 0 bridgehead atoms. The summed E-state index contributed by atoms with van der Waals surface area (Å²) >= 11 is 3.02. The minimum absolute atomic E-state index is 0.00698. The minimum atomic E-state index is -3.06. The van der Waals surface area contributed by atoms with E-state index in [4.69, 9.17) is 4.74 Å². The molecule has 3 rings (SSSR count). The number of carbonyl (C=O) groups is 2. The summed E-state index contributed by atoms with van der Waals surface area (Å²) in [6.45, 7) is -0.419. The smallest absolute Gasteiger partial charge is 0.312 e. The molecular weight excluding hydrogens is 384 g/mol. The highest BCUT2D eigenvalue weighted by atomic mass is 32.2. The van der Waals surface area contributed by atoms with Gasteiger partial charge in [-0.15, -0.1) is 22.7 Å². The van der Waals surface area contributed by atoms with Crippen molar-refractivity contribution in [1.82, 2.24) is 10.3 Å². The number of aromatic nitrogens is 1. The van der Waals surface area contributed by atoms with E-state index in [1.54, 1.807) is 16.7 Å². The van der Waals surface area contributed by atoms with Crippen molar-refractivity contribution in [2.45, 2.75) is 18.9 Å². The Labute approximate surface area is 153 Å². The van der Waals surface area contributed by atoms with Crippen molar-refractivity contribution >= 4 is 44.4 Å². The zero-order valence-electron chi connectivity index (χ0n) is 13.1. The first kappa shape index (κ1) is 18.0. The van der Waals surface area contributed by atoms with Gasteiger partial charge in [-0.2, -0.15) is 0 Å². The number of hydrogen-bond acceptors (Lipinski definition) is 8. The van der Waals surface area contributed by atoms with Crippen LogP contribution in [-0.4, -0.2) is 49.4 Å². The number of carbonyl (C=O) groups excluding carboxylic acids is 2. The Hall–Kier alpha value is -1.78. The van der Waals surface area contributed by atoms with E-state index in [0.717, 1.165) is 9.88 Å². The molecule has 1 fully saturated rings. The molecule has 1 atom stereocenters. The highest BCUT2D eigenvalue weighted by Crippen LogP contribution is 2.27. The molecule has 134 valence electrons. The molecule has 1 saturated heterocycles. The van der Waals surface area contributed by atoms with E-state index in [1.165, 1.54) is 11.3 Å². The van der Waals surface area contributed by atoms with Crippen LogP contribution < -0.4 is 5.32 Å². The van der Waals surface area contributed by atoms with Gasteiger partial charge in [0.05, 0.1) is 28.5 Å². The van der Waals surface area contributed by atoms with Crippen LogP contribution >= 0.6 is 22.7 Å². The van der Waals surface area contributed by atoms with Crippen LogP contribution in [-0.2, 0) is 30.6 Å². The number of rotatable bonds is 6. The predicted octanol–water partition coefficient (Wildman–Crippen LogP) is 1.26. The largest absolute Gasteiger partial charge is 0.455 e. The van der Waals surface area contributed by atoms with Crippen LogP contribution in [0, 0.1) is 0 Å². The van der Waals surface area contributed by atoms with E-state index in [9.17, 15) is 18.0 Å². The summed E-state index contributed by atoms with van der Waals surface area (Å²) in [5, 5.41) is 7.16. The van der Waals surface area contributed by atoms with Crippen molar-refractivity contribution in [2.24, 2.45) is 0 Å². The van der Waals surface area contributed by atoms with Crippen molar-refractivity contribution in [3.8, 4) is 9.88 Å². The standard InChI is InChI=1S/C15H16N2O5S3/c18-13(16-10-3-5-25(20,21)9-10)7-22-14(19)6-11-8-24-15(17-11)12-2-1-4-23-12/h1-2,4,8,10H,3,5-7,9H2,(H,16,18)/t10-/m1/s1. The van der Waals surface area contributed by atoms with Crippen LogP contribution in [0.25, 0.3) is 9.88 Å². The van der Waals surface area contributed by atoms with Gasteiger partial charge in [0, 0.05) is 11.4 Å². The Morgan fingerprint density at radius 2 is 2.20 bits per heavy atom. The van der Waals surface area contributed by atoms with Crippen LogP contribution in [0.2, 0.25) is 0 Å². The molecule has 0 saturated carbocycles. The molecule has 7 nitrogen and oxygen atoms in total. The molecule has 0 aromatic carbocycles. The number of nitrogens with zero attached hydrogens (tertiary/aromatic N) is 1. The molecule has 0 spiro atoms. The first-order valence-electron chi connectivity index (χ1n) is 7.55. The summed E-state index contributed by atoms with van der Waals surface area (Å²) in [4.78, 5) is 29.0. The van der Waals surface area contributed by atoms with E-state index >= 15 is 0 Å². The second-order valence-electron chi connectivity index (χ2n) is 5.63. The molecule has 25 heavy (non-hydrogen) atoms. The molecule has 10 heteroatoms. The summed E-state index contributed by atoms with van der Waals surface area (Å²) in [6.07, 6.45) is 0.388. The van der Waals surface area contributed by atoms with E-state index in [-0.39, 0.29) is 17.9 Å². The maximum absolute atomic E-state index is 11.8. The van der Waals surface area contributed by atoms with Crippen LogP contribution in [0.3, 0.4) is 0 Å². The van der Waals surface area contributed by atoms with E-state index in [2.05, 4.69) is 10.3 Å². The van der Waals surface area contributed by atoms with Crippen molar-refractivity contribution in [3.05, 3.63) is 28.6 Å². The lowest BCUT2D eigenvalue weighted by molar-refractivity contribution is -0.148. The average Bonchev–Trinajstić information content (AvgIpc) is 3.26. The normalized spacial score (nSPS) is 18.8. The first-order chi connectivity index (χ1) is 11.9. The third-order valence-corrected chi connectivity index (χ3v) is 7.27. The summed E-state index contributed by atoms with van der Waals surface area (Å²) in [7, 11) is -3.06. The van der Waals surface area contributed by atoms with Crippen LogP contribution in [0.15, 0.2) is 22.9 Å². The van der Waals surface area contributed by atoms with Crippen molar-refractivity contribution in [2.75, 3.05) is 18.1 Å². The minimum Gasteiger partial charge on any atom is -0.455 e. The summed E-state index contributed by atoms with van der Waals surface area (Å²) in [5.41, 5.74) is 0.598. The molecule has 1 aliphatic heterocycles. The van der Waals surface area contributed by atoms with Gasteiger partial charge in [-0.25, -0.2) is 13.4 Å². The van der Waals surface area contributed by atoms with Gasteiger partial charge in [-0.3, -0.25) is 9.59 Å². The second kappa shape index (κ2) is 7.63. The van der Waals surface area contributed by atoms with Gasteiger partial charge < -0.3 is 10.1 Å². The lowest BCUT2D eigenvalue weighted by atomic mass is 10.2. The molecule has 2 aromatic heterocycles. The third-order valence-electron chi connectivity index (χ3n) is 3.57. The summed E-state index contributed by atoms with van der Waals surface area (Å²) in [6, 6.07) is 3.49. The fourth-order valence-corrected chi connectivity index (χ4v) is 5.73. The average molecular weight is 401 g/mol. The Kier molecular flexibility index (Phi) is 5.50. The quantitative estimate of drug-likeness (QED) is 0.733. The molecule has 1 aliphatic rings. The van der Waals surface area contributed by atoms with E-state index < -0.39 is 34.4 Å². The first-order valence-corrected chi connectivity index (χ1v) is 11.1. The number of sulfone groups is 1. The fourth-order valence-electron chi connectivity index (χ4n) is 2.42.